The molecule has 0 aliphatic heterocycles. The van der Waals surface area contributed by atoms with Gasteiger partial charge < -0.3 is 14.8 Å². The lowest BCUT2D eigenvalue weighted by Crippen LogP contribution is -2.39. The molecule has 5 heteroatoms. The SMILES string of the molecule is CC(C)(C)CC(CO)NC(=O)c1ccc(Cl)o1. The van der Waals surface area contributed by atoms with Crippen LogP contribution in [0.5, 0.6) is 0 Å². The van der Waals surface area contributed by atoms with Gasteiger partial charge >= 0.3 is 0 Å². The molecule has 0 fully saturated rings. The first kappa shape index (κ1) is 14.1. The third kappa shape index (κ3) is 4.79. The van der Waals surface area contributed by atoms with Crippen molar-refractivity contribution in [3.8, 4) is 0 Å². The summed E-state index contributed by atoms with van der Waals surface area (Å²) in [4.78, 5) is 11.7. The molecule has 0 aromatic carbocycles. The van der Waals surface area contributed by atoms with Crippen LogP contribution in [0, 0.1) is 5.41 Å². The molecule has 17 heavy (non-hydrogen) atoms. The summed E-state index contributed by atoms with van der Waals surface area (Å²) in [5.41, 5.74) is 0.0293. The van der Waals surface area contributed by atoms with Crippen LogP contribution in [0.15, 0.2) is 16.5 Å². The van der Waals surface area contributed by atoms with Crippen LogP contribution in [0.4, 0.5) is 0 Å². The number of aliphatic hydroxyl groups is 1. The van der Waals surface area contributed by atoms with Gasteiger partial charge in [-0.3, -0.25) is 4.79 Å². The predicted molar refractivity (Wildman–Crippen MR) is 66.1 cm³/mol. The Hall–Kier alpha value is -1.00. The Morgan fingerprint density at radius 2 is 2.18 bits per heavy atom. The van der Waals surface area contributed by atoms with Crippen LogP contribution >= 0.6 is 11.6 Å². The second kappa shape index (κ2) is 5.56. The van der Waals surface area contributed by atoms with E-state index in [9.17, 15) is 9.90 Å². The largest absolute Gasteiger partial charge is 0.440 e. The Balaban J connectivity index is 2.60. The van der Waals surface area contributed by atoms with Gasteiger partial charge in [0.2, 0.25) is 0 Å². The Morgan fingerprint density at radius 3 is 2.59 bits per heavy atom. The summed E-state index contributed by atoms with van der Waals surface area (Å²) < 4.78 is 4.99. The standard InChI is InChI=1S/C12H18ClNO3/c1-12(2,3)6-8(7-15)14-11(16)9-4-5-10(13)17-9/h4-5,8,15H,6-7H2,1-3H3,(H,14,16). The van der Waals surface area contributed by atoms with E-state index >= 15 is 0 Å². The van der Waals surface area contributed by atoms with Crippen molar-refractivity contribution in [2.75, 3.05) is 6.61 Å². The molecule has 1 heterocycles. The highest BCUT2D eigenvalue weighted by molar-refractivity contribution is 6.29. The summed E-state index contributed by atoms with van der Waals surface area (Å²) >= 11 is 5.59. The van der Waals surface area contributed by atoms with E-state index in [0.717, 1.165) is 0 Å². The van der Waals surface area contributed by atoms with Gasteiger partial charge in [0.25, 0.3) is 5.91 Å². The number of rotatable bonds is 4. The van der Waals surface area contributed by atoms with Crippen LogP contribution in [0.2, 0.25) is 5.22 Å². The summed E-state index contributed by atoms with van der Waals surface area (Å²) in [6, 6.07) is 2.73. The monoisotopic (exact) mass is 259 g/mol. The zero-order valence-electron chi connectivity index (χ0n) is 10.3. The second-order valence-electron chi connectivity index (χ2n) is 5.22. The molecule has 1 rings (SSSR count). The molecule has 0 spiro atoms. The first-order valence-electron chi connectivity index (χ1n) is 5.49. The molecule has 4 nitrogen and oxygen atoms in total. The molecule has 0 saturated heterocycles. The number of furan rings is 1. The van der Waals surface area contributed by atoms with Crippen molar-refractivity contribution in [3.05, 3.63) is 23.1 Å². The quantitative estimate of drug-likeness (QED) is 0.873. The van der Waals surface area contributed by atoms with Crippen LogP contribution in [0.25, 0.3) is 0 Å². The fraction of sp³-hybridized carbons (Fsp3) is 0.583. The minimum Gasteiger partial charge on any atom is -0.440 e. The second-order valence-corrected chi connectivity index (χ2v) is 5.59. The van der Waals surface area contributed by atoms with Crippen molar-refractivity contribution in [3.63, 3.8) is 0 Å². The van der Waals surface area contributed by atoms with Crippen molar-refractivity contribution in [2.45, 2.75) is 33.2 Å². The Bertz CT molecular complexity index is 381. The van der Waals surface area contributed by atoms with Gasteiger partial charge in [-0.1, -0.05) is 20.8 Å². The number of hydrogen-bond donors (Lipinski definition) is 2. The molecule has 0 aliphatic carbocycles. The lowest BCUT2D eigenvalue weighted by atomic mass is 9.88. The van der Waals surface area contributed by atoms with E-state index in [1.54, 1.807) is 0 Å². The van der Waals surface area contributed by atoms with Crippen molar-refractivity contribution in [1.82, 2.24) is 5.32 Å². The molecule has 2 N–H and O–H groups in total. The third-order valence-corrected chi connectivity index (χ3v) is 2.41. The van der Waals surface area contributed by atoms with E-state index in [0.29, 0.717) is 6.42 Å². The van der Waals surface area contributed by atoms with Crippen LogP contribution in [0.3, 0.4) is 0 Å². The normalized spacial score (nSPS) is 13.5. The third-order valence-electron chi connectivity index (χ3n) is 2.21. The minimum absolute atomic E-state index is 0.0293. The minimum atomic E-state index is -0.361. The highest BCUT2D eigenvalue weighted by Gasteiger charge is 2.21. The summed E-state index contributed by atoms with van der Waals surface area (Å²) in [7, 11) is 0. The predicted octanol–water partition coefficient (Wildman–Crippen LogP) is 2.46. The Labute approximate surface area is 106 Å². The highest BCUT2D eigenvalue weighted by Crippen LogP contribution is 2.21. The van der Waals surface area contributed by atoms with Gasteiger partial charge in [0.1, 0.15) is 0 Å². The van der Waals surface area contributed by atoms with E-state index in [-0.39, 0.29) is 35.0 Å². The Morgan fingerprint density at radius 1 is 1.53 bits per heavy atom. The first-order chi connectivity index (χ1) is 7.81. The number of hydrogen-bond acceptors (Lipinski definition) is 3. The van der Waals surface area contributed by atoms with Crippen molar-refractivity contribution >= 4 is 17.5 Å². The number of aliphatic hydroxyl groups excluding tert-OH is 1. The molecule has 0 bridgehead atoms. The maximum atomic E-state index is 11.7. The molecule has 1 aromatic rings. The number of carbonyl (C=O) groups is 1. The lowest BCUT2D eigenvalue weighted by Gasteiger charge is -2.25. The van der Waals surface area contributed by atoms with Gasteiger partial charge in [0, 0.05) is 0 Å². The van der Waals surface area contributed by atoms with Crippen molar-refractivity contribution in [1.29, 1.82) is 0 Å². The van der Waals surface area contributed by atoms with Crippen molar-refractivity contribution in [2.24, 2.45) is 5.41 Å². The number of amides is 1. The van der Waals surface area contributed by atoms with Gasteiger partial charge in [-0.15, -0.1) is 0 Å². The van der Waals surface area contributed by atoms with Crippen LogP contribution in [-0.2, 0) is 0 Å². The first-order valence-corrected chi connectivity index (χ1v) is 5.86. The molecule has 0 radical (unpaired) electrons. The number of carbonyl (C=O) groups excluding carboxylic acids is 1. The highest BCUT2D eigenvalue weighted by atomic mass is 35.5. The van der Waals surface area contributed by atoms with Crippen LogP contribution in [-0.4, -0.2) is 23.7 Å². The van der Waals surface area contributed by atoms with E-state index in [2.05, 4.69) is 5.32 Å². The van der Waals surface area contributed by atoms with Crippen LogP contribution in [0.1, 0.15) is 37.7 Å². The molecule has 0 saturated carbocycles. The zero-order chi connectivity index (χ0) is 13.1. The molecular formula is C12H18ClNO3. The van der Waals surface area contributed by atoms with Gasteiger partial charge in [-0.25, -0.2) is 0 Å². The van der Waals surface area contributed by atoms with Crippen LogP contribution < -0.4 is 5.32 Å². The summed E-state index contributed by atoms with van der Waals surface area (Å²) in [6.45, 7) is 6.04. The van der Waals surface area contributed by atoms with Crippen molar-refractivity contribution < 1.29 is 14.3 Å². The smallest absolute Gasteiger partial charge is 0.287 e. The van der Waals surface area contributed by atoms with Gasteiger partial charge in [-0.2, -0.15) is 0 Å². The summed E-state index contributed by atoms with van der Waals surface area (Å²) in [5, 5.41) is 12.1. The fourth-order valence-corrected chi connectivity index (χ4v) is 1.74. The molecule has 96 valence electrons. The van der Waals surface area contributed by atoms with E-state index < -0.39 is 0 Å². The zero-order valence-corrected chi connectivity index (χ0v) is 11.0. The van der Waals surface area contributed by atoms with E-state index in [1.165, 1.54) is 12.1 Å². The molecule has 1 amide bonds. The summed E-state index contributed by atoms with van der Waals surface area (Å²) in [5.74, 6) is -0.206. The average molecular weight is 260 g/mol. The maximum Gasteiger partial charge on any atom is 0.287 e. The van der Waals surface area contributed by atoms with E-state index in [1.807, 2.05) is 20.8 Å². The fourth-order valence-electron chi connectivity index (χ4n) is 1.59. The van der Waals surface area contributed by atoms with Gasteiger partial charge in [0.05, 0.1) is 12.6 Å². The Kier molecular flexibility index (Phi) is 4.60. The molecule has 1 atom stereocenters. The molecular weight excluding hydrogens is 242 g/mol. The molecule has 1 aromatic heterocycles. The maximum absolute atomic E-state index is 11.7. The molecule has 1 unspecified atom stereocenters. The average Bonchev–Trinajstić information content (AvgIpc) is 2.61. The summed E-state index contributed by atoms with van der Waals surface area (Å²) in [6.07, 6.45) is 0.684. The van der Waals surface area contributed by atoms with E-state index in [4.69, 9.17) is 16.0 Å². The van der Waals surface area contributed by atoms with Gasteiger partial charge in [0.15, 0.2) is 11.0 Å². The molecule has 0 aliphatic rings. The topological polar surface area (TPSA) is 62.5 Å². The number of nitrogens with one attached hydrogen (secondary N) is 1. The van der Waals surface area contributed by atoms with Gasteiger partial charge in [-0.05, 0) is 35.6 Å². The number of halogens is 1. The lowest BCUT2D eigenvalue weighted by molar-refractivity contribution is 0.0870.